The second-order valence-corrected chi connectivity index (χ2v) is 9.63. The van der Waals surface area contributed by atoms with Gasteiger partial charge in [0.1, 0.15) is 11.6 Å². The third-order valence-corrected chi connectivity index (χ3v) is 7.16. The summed E-state index contributed by atoms with van der Waals surface area (Å²) in [7, 11) is 0. The summed E-state index contributed by atoms with van der Waals surface area (Å²) in [6, 6.07) is 22.6. The number of nitrogens with zero attached hydrogens (tertiary/aromatic N) is 2. The van der Waals surface area contributed by atoms with Crippen LogP contribution in [-0.2, 0) is 10.3 Å². The fourth-order valence-electron chi connectivity index (χ4n) is 4.99. The molecule has 2 aliphatic carbocycles. The van der Waals surface area contributed by atoms with Gasteiger partial charge in [0.05, 0.1) is 16.8 Å². The van der Waals surface area contributed by atoms with Crippen LogP contribution in [0.2, 0.25) is 0 Å². The van der Waals surface area contributed by atoms with E-state index in [1.807, 2.05) is 42.5 Å². The Morgan fingerprint density at radius 1 is 0.972 bits per heavy atom. The molecule has 2 saturated carbocycles. The molecular weight excluding hydrogens is 450 g/mol. The van der Waals surface area contributed by atoms with E-state index in [2.05, 4.69) is 16.4 Å². The van der Waals surface area contributed by atoms with Crippen molar-refractivity contribution in [2.45, 2.75) is 50.0 Å². The highest BCUT2D eigenvalue weighted by Gasteiger charge is 2.37. The number of amides is 1. The Morgan fingerprint density at radius 3 is 2.19 bits per heavy atom. The van der Waals surface area contributed by atoms with Crippen LogP contribution in [0.5, 0.6) is 0 Å². The number of carboxylic acids is 1. The van der Waals surface area contributed by atoms with E-state index in [0.717, 1.165) is 60.9 Å². The highest BCUT2D eigenvalue weighted by Crippen LogP contribution is 2.40. The van der Waals surface area contributed by atoms with E-state index >= 15 is 0 Å². The molecule has 6 nitrogen and oxygen atoms in total. The Balaban J connectivity index is 1.37. The molecule has 0 bridgehead atoms. The fourth-order valence-corrected chi connectivity index (χ4v) is 4.99. The van der Waals surface area contributed by atoms with Crippen molar-refractivity contribution in [3.8, 4) is 17.2 Å². The summed E-state index contributed by atoms with van der Waals surface area (Å²) in [5, 5.41) is 22.1. The van der Waals surface area contributed by atoms with Crippen LogP contribution in [0.1, 0.15) is 71.8 Å². The molecule has 1 amide bonds. The lowest BCUT2D eigenvalue weighted by atomic mass is 9.86. The number of aromatic nitrogens is 1. The maximum atomic E-state index is 13.2. The zero-order valence-corrected chi connectivity index (χ0v) is 19.9. The van der Waals surface area contributed by atoms with E-state index in [1.54, 1.807) is 30.3 Å². The maximum absolute atomic E-state index is 13.2. The van der Waals surface area contributed by atoms with Gasteiger partial charge >= 0.3 is 5.97 Å². The van der Waals surface area contributed by atoms with Crippen LogP contribution >= 0.6 is 0 Å². The van der Waals surface area contributed by atoms with E-state index in [9.17, 15) is 14.9 Å². The number of aromatic carboxylic acids is 1. The zero-order chi connectivity index (χ0) is 25.1. The predicted molar refractivity (Wildman–Crippen MR) is 137 cm³/mol. The van der Waals surface area contributed by atoms with Crippen molar-refractivity contribution in [2.24, 2.45) is 0 Å². The number of hydrogen-bond acceptors (Lipinski definition) is 4. The third-order valence-electron chi connectivity index (χ3n) is 7.16. The van der Waals surface area contributed by atoms with Crippen molar-refractivity contribution < 1.29 is 14.7 Å². The summed E-state index contributed by atoms with van der Waals surface area (Å²) in [6.45, 7) is 0. The molecule has 36 heavy (non-hydrogen) atoms. The van der Waals surface area contributed by atoms with Crippen molar-refractivity contribution in [2.75, 3.05) is 0 Å². The minimum absolute atomic E-state index is 0.0527. The Hall–Kier alpha value is -4.24. The Labute approximate surface area is 210 Å². The fraction of sp³-hybridized carbons (Fsp3) is 0.267. The molecule has 3 aromatic rings. The standard InChI is InChI=1S/C30H27N3O3/c31-19-24(18-26-4-3-5-27(32-26)22-8-9-22)28(34)33-30(16-1-2-17-30)25-14-12-21(13-15-25)20-6-10-23(11-7-20)29(35)36/h3-7,10-15,18,22H,1-2,8-9,16-17H2,(H,33,34)(H,35,36)/b24-18+. The molecule has 0 spiro atoms. The van der Waals surface area contributed by atoms with Crippen molar-refractivity contribution >= 4 is 18.0 Å². The highest BCUT2D eigenvalue weighted by atomic mass is 16.4. The van der Waals surface area contributed by atoms with E-state index < -0.39 is 11.5 Å². The minimum atomic E-state index is -0.951. The molecule has 5 rings (SSSR count). The maximum Gasteiger partial charge on any atom is 0.335 e. The number of pyridine rings is 1. The lowest BCUT2D eigenvalue weighted by Crippen LogP contribution is -2.44. The molecule has 0 unspecified atom stereocenters. The molecule has 2 N–H and O–H groups in total. The number of nitriles is 1. The molecule has 0 atom stereocenters. The molecule has 0 aliphatic heterocycles. The smallest absolute Gasteiger partial charge is 0.335 e. The van der Waals surface area contributed by atoms with Gasteiger partial charge in [0, 0.05) is 11.6 Å². The third kappa shape index (κ3) is 4.92. The quantitative estimate of drug-likeness (QED) is 0.330. The minimum Gasteiger partial charge on any atom is -0.478 e. The first-order valence-corrected chi connectivity index (χ1v) is 12.3. The van der Waals surface area contributed by atoms with Crippen LogP contribution in [0.25, 0.3) is 17.2 Å². The monoisotopic (exact) mass is 477 g/mol. The van der Waals surface area contributed by atoms with Crippen LogP contribution in [-0.4, -0.2) is 22.0 Å². The molecule has 0 saturated heterocycles. The molecule has 6 heteroatoms. The number of benzene rings is 2. The van der Waals surface area contributed by atoms with Crippen LogP contribution in [0.4, 0.5) is 0 Å². The van der Waals surface area contributed by atoms with Crippen LogP contribution in [0.3, 0.4) is 0 Å². The average Bonchev–Trinajstić information content (AvgIpc) is 3.66. The lowest BCUT2D eigenvalue weighted by Gasteiger charge is -2.31. The van der Waals surface area contributed by atoms with Crippen molar-refractivity contribution in [1.29, 1.82) is 5.26 Å². The lowest BCUT2D eigenvalue weighted by molar-refractivity contribution is -0.119. The molecular formula is C30H27N3O3. The number of carboxylic acid groups (broad SMARTS) is 1. The Morgan fingerprint density at radius 2 is 1.61 bits per heavy atom. The number of hydrogen-bond donors (Lipinski definition) is 2. The molecule has 0 radical (unpaired) electrons. The van der Waals surface area contributed by atoms with Crippen molar-refractivity contribution in [3.63, 3.8) is 0 Å². The van der Waals surface area contributed by atoms with E-state index in [-0.39, 0.29) is 17.0 Å². The molecule has 2 aromatic carbocycles. The largest absolute Gasteiger partial charge is 0.478 e. The van der Waals surface area contributed by atoms with Crippen molar-refractivity contribution in [3.05, 3.63) is 94.8 Å². The first kappa shape index (κ1) is 23.5. The zero-order valence-electron chi connectivity index (χ0n) is 19.9. The van der Waals surface area contributed by atoms with Gasteiger partial charge in [-0.2, -0.15) is 5.26 Å². The second kappa shape index (κ2) is 9.79. The summed E-state index contributed by atoms with van der Waals surface area (Å²) < 4.78 is 0. The summed E-state index contributed by atoms with van der Waals surface area (Å²) in [6.07, 6.45) is 7.46. The predicted octanol–water partition coefficient (Wildman–Crippen LogP) is 5.82. The SMILES string of the molecule is N#C/C(=C\c1cccc(C2CC2)n1)C(=O)NC1(c2ccc(-c3ccc(C(=O)O)cc3)cc2)CCCC1. The van der Waals surface area contributed by atoms with Crippen molar-refractivity contribution in [1.82, 2.24) is 10.3 Å². The first-order chi connectivity index (χ1) is 17.5. The van der Waals surface area contributed by atoms with Gasteiger partial charge in [-0.1, -0.05) is 55.3 Å². The summed E-state index contributed by atoms with van der Waals surface area (Å²) >= 11 is 0. The summed E-state index contributed by atoms with van der Waals surface area (Å²) in [5.41, 5.74) is 4.32. The normalized spacial score (nSPS) is 16.8. The summed E-state index contributed by atoms with van der Waals surface area (Å²) in [5.74, 6) is -0.836. The Kier molecular flexibility index (Phi) is 6.39. The second-order valence-electron chi connectivity index (χ2n) is 9.63. The Bertz CT molecular complexity index is 1360. The van der Waals surface area contributed by atoms with Gasteiger partial charge in [-0.25, -0.2) is 4.79 Å². The first-order valence-electron chi connectivity index (χ1n) is 12.3. The van der Waals surface area contributed by atoms with Crippen LogP contribution < -0.4 is 5.32 Å². The highest BCUT2D eigenvalue weighted by molar-refractivity contribution is 6.02. The number of rotatable bonds is 7. The van der Waals surface area contributed by atoms with Gasteiger partial charge in [-0.3, -0.25) is 9.78 Å². The van der Waals surface area contributed by atoms with E-state index in [1.165, 1.54) is 0 Å². The van der Waals surface area contributed by atoms with Gasteiger partial charge in [-0.15, -0.1) is 0 Å². The molecule has 2 fully saturated rings. The average molecular weight is 478 g/mol. The topological polar surface area (TPSA) is 103 Å². The van der Waals surface area contributed by atoms with Gasteiger partial charge < -0.3 is 10.4 Å². The number of carbonyl (C=O) groups is 2. The van der Waals surface area contributed by atoms with Gasteiger partial charge in [0.2, 0.25) is 0 Å². The molecule has 1 aromatic heterocycles. The van der Waals surface area contributed by atoms with E-state index in [0.29, 0.717) is 11.6 Å². The van der Waals surface area contributed by atoms with E-state index in [4.69, 9.17) is 5.11 Å². The van der Waals surface area contributed by atoms with Gasteiger partial charge in [-0.05, 0) is 72.7 Å². The van der Waals surface area contributed by atoms with Gasteiger partial charge in [0.25, 0.3) is 5.91 Å². The molecule has 180 valence electrons. The molecule has 1 heterocycles. The number of nitrogens with one attached hydrogen (secondary N) is 1. The number of carbonyl (C=O) groups excluding carboxylic acids is 1. The van der Waals surface area contributed by atoms with Crippen LogP contribution in [0.15, 0.2) is 72.3 Å². The van der Waals surface area contributed by atoms with Gasteiger partial charge in [0.15, 0.2) is 0 Å². The molecule has 2 aliphatic rings. The van der Waals surface area contributed by atoms with Crippen LogP contribution in [0, 0.1) is 11.3 Å². The summed E-state index contributed by atoms with van der Waals surface area (Å²) in [4.78, 5) is 29.0.